The molecule has 2 aromatic heterocycles. The molecule has 0 amide bonds. The van der Waals surface area contributed by atoms with Gasteiger partial charge in [0.25, 0.3) is 0 Å². The quantitative estimate of drug-likeness (QED) is 0.205. The van der Waals surface area contributed by atoms with Crippen LogP contribution >= 0.6 is 0 Å². The highest BCUT2D eigenvalue weighted by molar-refractivity contribution is 6.33. The average molecular weight is 592 g/mol. The number of rotatable bonds is 3. The molecule has 1 aliphatic rings. The van der Waals surface area contributed by atoms with Crippen molar-refractivity contribution in [2.75, 3.05) is 4.90 Å². The van der Waals surface area contributed by atoms with Gasteiger partial charge in [0.05, 0.1) is 5.39 Å². The van der Waals surface area contributed by atoms with Crippen molar-refractivity contribution >= 4 is 71.7 Å². The number of fused-ring (bicyclic) bond motifs is 13. The van der Waals surface area contributed by atoms with Crippen LogP contribution in [-0.2, 0) is 5.41 Å². The van der Waals surface area contributed by atoms with Crippen LogP contribution in [-0.4, -0.2) is 0 Å². The molecule has 9 aromatic rings. The van der Waals surface area contributed by atoms with E-state index >= 15 is 0 Å². The van der Waals surface area contributed by atoms with Crippen molar-refractivity contribution < 1.29 is 8.83 Å². The highest BCUT2D eigenvalue weighted by atomic mass is 16.3. The number of hydrogen-bond acceptors (Lipinski definition) is 3. The summed E-state index contributed by atoms with van der Waals surface area (Å²) in [5, 5.41) is 6.54. The third-order valence-corrected chi connectivity index (χ3v) is 10.0. The van der Waals surface area contributed by atoms with E-state index in [2.05, 4.69) is 152 Å². The monoisotopic (exact) mass is 591 g/mol. The Kier molecular flexibility index (Phi) is 5.06. The molecule has 0 aliphatic heterocycles. The molecule has 3 heteroatoms. The van der Waals surface area contributed by atoms with E-state index in [0.717, 1.165) is 71.7 Å². The highest BCUT2D eigenvalue weighted by Gasteiger charge is 2.35. The maximum absolute atomic E-state index is 6.66. The van der Waals surface area contributed by atoms with Crippen molar-refractivity contribution in [3.05, 3.63) is 151 Å². The Morgan fingerprint density at radius 3 is 1.93 bits per heavy atom. The van der Waals surface area contributed by atoms with Crippen molar-refractivity contribution in [3.8, 4) is 11.1 Å². The van der Waals surface area contributed by atoms with E-state index in [1.807, 2.05) is 6.07 Å². The van der Waals surface area contributed by atoms with Gasteiger partial charge >= 0.3 is 0 Å². The van der Waals surface area contributed by atoms with Crippen LogP contribution in [0.5, 0.6) is 0 Å². The van der Waals surface area contributed by atoms with E-state index in [0.29, 0.717) is 0 Å². The zero-order chi connectivity index (χ0) is 30.6. The lowest BCUT2D eigenvalue weighted by Gasteiger charge is -2.28. The smallest absolute Gasteiger partial charge is 0.147 e. The first-order valence-corrected chi connectivity index (χ1v) is 15.9. The second kappa shape index (κ2) is 9.12. The number of hydrogen-bond donors (Lipinski definition) is 0. The molecule has 46 heavy (non-hydrogen) atoms. The molecule has 0 saturated heterocycles. The minimum Gasteiger partial charge on any atom is -0.455 e. The number of anilines is 3. The third-order valence-electron chi connectivity index (χ3n) is 10.0. The van der Waals surface area contributed by atoms with Gasteiger partial charge in [-0.05, 0) is 76.2 Å². The molecule has 2 heterocycles. The summed E-state index contributed by atoms with van der Waals surface area (Å²) < 4.78 is 13.3. The third kappa shape index (κ3) is 3.37. The van der Waals surface area contributed by atoms with Crippen LogP contribution < -0.4 is 4.90 Å². The minimum absolute atomic E-state index is 0.0943. The van der Waals surface area contributed by atoms with Gasteiger partial charge < -0.3 is 13.7 Å². The van der Waals surface area contributed by atoms with E-state index in [4.69, 9.17) is 8.83 Å². The zero-order valence-corrected chi connectivity index (χ0v) is 25.5. The Morgan fingerprint density at radius 1 is 0.435 bits per heavy atom. The van der Waals surface area contributed by atoms with Crippen LogP contribution in [0.25, 0.3) is 65.8 Å². The Labute approximate surface area is 265 Å². The van der Waals surface area contributed by atoms with E-state index in [-0.39, 0.29) is 5.41 Å². The first-order chi connectivity index (χ1) is 22.6. The SMILES string of the molecule is CC1(C)c2ccccc2-c2ccc(N(c3ccccc3)c3ccc4oc5c6ccccc6c6c7ccccc7oc6c5c4c3)cc21. The second-order valence-electron chi connectivity index (χ2n) is 12.9. The fourth-order valence-electron chi connectivity index (χ4n) is 7.88. The Morgan fingerprint density at radius 2 is 1.07 bits per heavy atom. The lowest BCUT2D eigenvalue weighted by atomic mass is 9.82. The predicted molar refractivity (Wildman–Crippen MR) is 191 cm³/mol. The van der Waals surface area contributed by atoms with Gasteiger partial charge in [0.15, 0.2) is 0 Å². The van der Waals surface area contributed by atoms with Gasteiger partial charge in [-0.15, -0.1) is 0 Å². The van der Waals surface area contributed by atoms with E-state index in [9.17, 15) is 0 Å². The highest BCUT2D eigenvalue weighted by Crippen LogP contribution is 2.51. The lowest BCUT2D eigenvalue weighted by molar-refractivity contribution is 0.660. The molecule has 0 saturated carbocycles. The van der Waals surface area contributed by atoms with Crippen molar-refractivity contribution in [2.24, 2.45) is 0 Å². The topological polar surface area (TPSA) is 29.5 Å². The normalized spacial score (nSPS) is 13.6. The summed E-state index contributed by atoms with van der Waals surface area (Å²) in [7, 11) is 0. The number of furan rings is 2. The van der Waals surface area contributed by atoms with Crippen LogP contribution in [0, 0.1) is 0 Å². The summed E-state index contributed by atoms with van der Waals surface area (Å²) in [6, 6.07) is 49.7. The van der Waals surface area contributed by atoms with Crippen molar-refractivity contribution in [3.63, 3.8) is 0 Å². The first-order valence-electron chi connectivity index (χ1n) is 15.9. The van der Waals surface area contributed by atoms with E-state index in [1.54, 1.807) is 0 Å². The van der Waals surface area contributed by atoms with Gasteiger partial charge in [-0.1, -0.05) is 105 Å². The molecule has 218 valence electrons. The molecular formula is C43H29NO2. The molecule has 0 spiro atoms. The molecule has 0 fully saturated rings. The van der Waals surface area contributed by atoms with Gasteiger partial charge in [0, 0.05) is 44.0 Å². The molecule has 0 radical (unpaired) electrons. The summed E-state index contributed by atoms with van der Waals surface area (Å²) in [6.45, 7) is 4.67. The maximum Gasteiger partial charge on any atom is 0.147 e. The van der Waals surface area contributed by atoms with E-state index < -0.39 is 0 Å². The van der Waals surface area contributed by atoms with Crippen LogP contribution in [0.1, 0.15) is 25.0 Å². The Balaban J connectivity index is 1.25. The van der Waals surface area contributed by atoms with Gasteiger partial charge in [-0.25, -0.2) is 0 Å². The molecule has 10 rings (SSSR count). The number of nitrogens with zero attached hydrogens (tertiary/aromatic N) is 1. The molecule has 7 aromatic carbocycles. The minimum atomic E-state index is -0.0943. The average Bonchev–Trinajstić information content (AvgIpc) is 3.74. The largest absolute Gasteiger partial charge is 0.455 e. The van der Waals surface area contributed by atoms with Gasteiger partial charge in [-0.2, -0.15) is 0 Å². The van der Waals surface area contributed by atoms with Crippen LogP contribution in [0.2, 0.25) is 0 Å². The molecule has 3 nitrogen and oxygen atoms in total. The first kappa shape index (κ1) is 25.5. The summed E-state index contributed by atoms with van der Waals surface area (Å²) in [6.07, 6.45) is 0. The van der Waals surface area contributed by atoms with Crippen LogP contribution in [0.15, 0.2) is 148 Å². The number of para-hydroxylation sites is 2. The molecule has 0 unspecified atom stereocenters. The molecule has 0 N–H and O–H groups in total. The fourth-order valence-corrected chi connectivity index (χ4v) is 7.88. The van der Waals surface area contributed by atoms with Gasteiger partial charge in [-0.3, -0.25) is 0 Å². The summed E-state index contributed by atoms with van der Waals surface area (Å²) in [5.74, 6) is 0. The zero-order valence-electron chi connectivity index (χ0n) is 25.5. The molecule has 0 atom stereocenters. The summed E-state index contributed by atoms with van der Waals surface area (Å²) >= 11 is 0. The van der Waals surface area contributed by atoms with Crippen molar-refractivity contribution in [2.45, 2.75) is 19.3 Å². The summed E-state index contributed by atoms with van der Waals surface area (Å²) in [5.41, 5.74) is 12.0. The molecular weight excluding hydrogens is 562 g/mol. The van der Waals surface area contributed by atoms with Gasteiger partial charge in [0.2, 0.25) is 0 Å². The molecule has 0 bridgehead atoms. The van der Waals surface area contributed by atoms with Crippen molar-refractivity contribution in [1.29, 1.82) is 0 Å². The Hall–Kier alpha value is -5.80. The second-order valence-corrected chi connectivity index (χ2v) is 12.9. The lowest BCUT2D eigenvalue weighted by Crippen LogP contribution is -2.16. The predicted octanol–water partition coefficient (Wildman–Crippen LogP) is 12.4. The van der Waals surface area contributed by atoms with Gasteiger partial charge in [0.1, 0.15) is 22.3 Å². The summed E-state index contributed by atoms with van der Waals surface area (Å²) in [4.78, 5) is 2.36. The van der Waals surface area contributed by atoms with E-state index in [1.165, 1.54) is 22.3 Å². The molecule has 1 aliphatic carbocycles. The van der Waals surface area contributed by atoms with Crippen LogP contribution in [0.4, 0.5) is 17.1 Å². The Bertz CT molecular complexity index is 2670. The van der Waals surface area contributed by atoms with Crippen molar-refractivity contribution in [1.82, 2.24) is 0 Å². The maximum atomic E-state index is 6.66. The standard InChI is InChI=1S/C43H29NO2/c1-43(2)35-18-10-8-14-29(35)30-22-20-28(25-36(30)43)44(26-12-4-3-5-13-26)27-21-23-38-34(24-27)40-41(45-38)32-16-7-6-15-31(32)39-33-17-9-11-19-37(33)46-42(39)40/h3-25H,1-2H3. The number of benzene rings is 7. The fraction of sp³-hybridized carbons (Fsp3) is 0.0698. The van der Waals surface area contributed by atoms with Crippen LogP contribution in [0.3, 0.4) is 0 Å².